The second-order valence-corrected chi connectivity index (χ2v) is 4.47. The molecule has 0 spiro atoms. The number of nitrogens with zero attached hydrogens (tertiary/aromatic N) is 3. The molecule has 0 saturated carbocycles. The molecule has 0 saturated heterocycles. The van der Waals surface area contributed by atoms with E-state index in [4.69, 9.17) is 0 Å². The number of nitrogens with one attached hydrogen (secondary N) is 1. The topological polar surface area (TPSA) is 59.8 Å². The Kier molecular flexibility index (Phi) is 4.25. The van der Waals surface area contributed by atoms with Gasteiger partial charge in [0.2, 0.25) is 5.91 Å². The summed E-state index contributed by atoms with van der Waals surface area (Å²) in [6, 6.07) is 4.07. The van der Waals surface area contributed by atoms with Gasteiger partial charge in [0.1, 0.15) is 6.54 Å². The van der Waals surface area contributed by atoms with Gasteiger partial charge >= 0.3 is 6.18 Å². The summed E-state index contributed by atoms with van der Waals surface area (Å²) in [5.74, 6) is -0.420. The first-order valence-corrected chi connectivity index (χ1v) is 6.16. The molecular formula is C13H13F3N4O. The Morgan fingerprint density at radius 2 is 2.00 bits per heavy atom. The summed E-state index contributed by atoms with van der Waals surface area (Å²) in [6.07, 6.45) is -0.187. The highest BCUT2D eigenvalue weighted by Gasteiger charge is 2.33. The quantitative estimate of drug-likeness (QED) is 0.941. The average Bonchev–Trinajstić information content (AvgIpc) is 2.88. The number of carbonyl (C=O) groups excluding carboxylic acids is 1. The van der Waals surface area contributed by atoms with Crippen LogP contribution in [0.5, 0.6) is 0 Å². The molecule has 0 radical (unpaired) electrons. The molecule has 5 nitrogen and oxygen atoms in total. The third kappa shape index (κ3) is 4.04. The van der Waals surface area contributed by atoms with Crippen molar-refractivity contribution in [3.8, 4) is 0 Å². The number of aromatic nitrogens is 3. The van der Waals surface area contributed by atoms with Crippen LogP contribution in [-0.2, 0) is 17.5 Å². The number of amides is 1. The fourth-order valence-electron chi connectivity index (χ4n) is 1.77. The van der Waals surface area contributed by atoms with Gasteiger partial charge in [0.25, 0.3) is 0 Å². The molecule has 0 fully saturated rings. The average molecular weight is 298 g/mol. The second-order valence-electron chi connectivity index (χ2n) is 4.47. The van der Waals surface area contributed by atoms with E-state index in [1.807, 2.05) is 0 Å². The molecule has 0 aliphatic heterocycles. The lowest BCUT2D eigenvalue weighted by Gasteiger charge is -2.14. The smallest absolute Gasteiger partial charge is 0.348 e. The van der Waals surface area contributed by atoms with Crippen LogP contribution in [0.4, 0.5) is 13.2 Å². The van der Waals surface area contributed by atoms with Gasteiger partial charge in [-0.2, -0.15) is 18.3 Å². The highest BCUT2D eigenvalue weighted by atomic mass is 19.4. The van der Waals surface area contributed by atoms with Crippen LogP contribution in [-0.4, -0.2) is 20.7 Å². The van der Waals surface area contributed by atoms with E-state index in [1.165, 1.54) is 0 Å². The van der Waals surface area contributed by atoms with Crippen LogP contribution in [0.3, 0.4) is 0 Å². The molecule has 0 aromatic carbocycles. The fourth-order valence-corrected chi connectivity index (χ4v) is 1.77. The van der Waals surface area contributed by atoms with Crippen LogP contribution >= 0.6 is 0 Å². The first-order valence-electron chi connectivity index (χ1n) is 6.16. The van der Waals surface area contributed by atoms with Gasteiger partial charge in [-0.05, 0) is 30.7 Å². The van der Waals surface area contributed by atoms with Gasteiger partial charge in [0.15, 0.2) is 5.69 Å². The maximum atomic E-state index is 12.4. The van der Waals surface area contributed by atoms with Crippen LogP contribution < -0.4 is 5.32 Å². The summed E-state index contributed by atoms with van der Waals surface area (Å²) in [4.78, 5) is 15.7. The Morgan fingerprint density at radius 3 is 2.57 bits per heavy atom. The van der Waals surface area contributed by atoms with Gasteiger partial charge in [0, 0.05) is 18.6 Å². The molecule has 0 unspecified atom stereocenters. The lowest BCUT2D eigenvalue weighted by Crippen LogP contribution is -2.30. The Morgan fingerprint density at radius 1 is 1.33 bits per heavy atom. The van der Waals surface area contributed by atoms with Crippen molar-refractivity contribution in [1.82, 2.24) is 20.1 Å². The predicted octanol–water partition coefficient (Wildman–Crippen LogP) is 2.17. The molecule has 0 bridgehead atoms. The molecule has 21 heavy (non-hydrogen) atoms. The number of pyridine rings is 1. The number of alkyl halides is 3. The molecule has 8 heteroatoms. The van der Waals surface area contributed by atoms with Gasteiger partial charge in [0.05, 0.1) is 6.04 Å². The first kappa shape index (κ1) is 15.0. The molecule has 112 valence electrons. The lowest BCUT2D eigenvalue weighted by atomic mass is 10.1. The number of hydrogen-bond acceptors (Lipinski definition) is 3. The third-order valence-corrected chi connectivity index (χ3v) is 2.82. The van der Waals surface area contributed by atoms with E-state index in [0.29, 0.717) is 0 Å². The zero-order valence-corrected chi connectivity index (χ0v) is 11.1. The minimum atomic E-state index is -4.51. The Labute approximate surface area is 118 Å². The summed E-state index contributed by atoms with van der Waals surface area (Å²) in [7, 11) is 0. The molecule has 1 N–H and O–H groups in total. The number of rotatable bonds is 4. The standard InChI is InChI=1S/C13H13F3N4O/c1-9(10-2-5-17-6-3-10)18-12(21)8-20-7-4-11(19-20)13(14,15)16/h2-7,9H,8H2,1H3,(H,18,21)/t9-/m1/s1. The lowest BCUT2D eigenvalue weighted by molar-refractivity contribution is -0.141. The number of hydrogen-bond donors (Lipinski definition) is 1. The largest absolute Gasteiger partial charge is 0.435 e. The van der Waals surface area contributed by atoms with Crippen molar-refractivity contribution >= 4 is 5.91 Å². The van der Waals surface area contributed by atoms with E-state index in [0.717, 1.165) is 22.5 Å². The predicted molar refractivity (Wildman–Crippen MR) is 68.0 cm³/mol. The highest BCUT2D eigenvalue weighted by molar-refractivity contribution is 5.76. The van der Waals surface area contributed by atoms with Gasteiger partial charge in [-0.1, -0.05) is 0 Å². The van der Waals surface area contributed by atoms with Gasteiger partial charge < -0.3 is 5.32 Å². The summed E-state index contributed by atoms with van der Waals surface area (Å²) in [5.41, 5.74) is -0.160. The molecule has 2 heterocycles. The second kappa shape index (κ2) is 5.94. The van der Waals surface area contributed by atoms with Crippen molar-refractivity contribution in [2.24, 2.45) is 0 Å². The van der Waals surface area contributed by atoms with Crippen LogP contribution in [0.2, 0.25) is 0 Å². The number of carbonyl (C=O) groups is 1. The Bertz CT molecular complexity index is 609. The first-order chi connectivity index (χ1) is 9.86. The van der Waals surface area contributed by atoms with Crippen LogP contribution in [0.15, 0.2) is 36.8 Å². The monoisotopic (exact) mass is 298 g/mol. The molecule has 0 aliphatic carbocycles. The normalized spacial score (nSPS) is 13.0. The van der Waals surface area contributed by atoms with Crippen molar-refractivity contribution in [2.75, 3.05) is 0 Å². The zero-order valence-electron chi connectivity index (χ0n) is 11.1. The molecule has 2 aromatic heterocycles. The van der Waals surface area contributed by atoms with E-state index >= 15 is 0 Å². The molecule has 0 aliphatic rings. The van der Waals surface area contributed by atoms with Gasteiger partial charge in [-0.25, -0.2) is 0 Å². The molecular weight excluding hydrogens is 285 g/mol. The van der Waals surface area contributed by atoms with Crippen molar-refractivity contribution < 1.29 is 18.0 Å². The van der Waals surface area contributed by atoms with E-state index in [2.05, 4.69) is 15.4 Å². The van der Waals surface area contributed by atoms with Crippen molar-refractivity contribution in [2.45, 2.75) is 25.7 Å². The van der Waals surface area contributed by atoms with Crippen LogP contribution in [0.25, 0.3) is 0 Å². The van der Waals surface area contributed by atoms with Crippen LogP contribution in [0, 0.1) is 0 Å². The Balaban J connectivity index is 1.94. The third-order valence-electron chi connectivity index (χ3n) is 2.82. The molecule has 1 amide bonds. The van der Waals surface area contributed by atoms with E-state index in [1.54, 1.807) is 31.5 Å². The van der Waals surface area contributed by atoms with Crippen molar-refractivity contribution in [3.05, 3.63) is 48.0 Å². The SMILES string of the molecule is C[C@@H](NC(=O)Cn1ccc(C(F)(F)F)n1)c1ccncc1. The number of halogens is 3. The Hall–Kier alpha value is -2.38. The van der Waals surface area contributed by atoms with E-state index in [9.17, 15) is 18.0 Å². The van der Waals surface area contributed by atoms with E-state index in [-0.39, 0.29) is 12.6 Å². The molecule has 1 atom stereocenters. The van der Waals surface area contributed by atoms with Crippen molar-refractivity contribution in [1.29, 1.82) is 0 Å². The summed E-state index contributed by atoms with van der Waals surface area (Å²) < 4.78 is 38.1. The van der Waals surface area contributed by atoms with Crippen molar-refractivity contribution in [3.63, 3.8) is 0 Å². The minimum absolute atomic E-state index is 0.266. The highest BCUT2D eigenvalue weighted by Crippen LogP contribution is 2.27. The zero-order chi connectivity index (χ0) is 15.5. The fraction of sp³-hybridized carbons (Fsp3) is 0.308. The minimum Gasteiger partial charge on any atom is -0.348 e. The maximum absolute atomic E-state index is 12.4. The summed E-state index contributed by atoms with van der Waals surface area (Å²) >= 11 is 0. The summed E-state index contributed by atoms with van der Waals surface area (Å²) in [6.45, 7) is 1.50. The maximum Gasteiger partial charge on any atom is 0.435 e. The van der Waals surface area contributed by atoms with Gasteiger partial charge in [-0.3, -0.25) is 14.5 Å². The molecule has 2 aromatic rings. The molecule has 2 rings (SSSR count). The van der Waals surface area contributed by atoms with Crippen LogP contribution in [0.1, 0.15) is 24.2 Å². The summed E-state index contributed by atoms with van der Waals surface area (Å²) in [5, 5.41) is 6.01. The van der Waals surface area contributed by atoms with Gasteiger partial charge in [-0.15, -0.1) is 0 Å². The van der Waals surface area contributed by atoms with E-state index < -0.39 is 17.8 Å².